The zero-order valence-corrected chi connectivity index (χ0v) is 14.3. The molecule has 0 spiro atoms. The quantitative estimate of drug-likeness (QED) is 0.902. The fourth-order valence-corrected chi connectivity index (χ4v) is 4.50. The average Bonchev–Trinajstić information content (AvgIpc) is 3.28. The summed E-state index contributed by atoms with van der Waals surface area (Å²) in [6, 6.07) is 11.6. The van der Waals surface area contributed by atoms with Gasteiger partial charge in [0, 0.05) is 24.0 Å². The Morgan fingerprint density at radius 3 is 2.48 bits per heavy atom. The van der Waals surface area contributed by atoms with Crippen LogP contribution in [0.1, 0.15) is 60.5 Å². The van der Waals surface area contributed by atoms with E-state index in [1.54, 1.807) is 6.20 Å². The van der Waals surface area contributed by atoms with Crippen LogP contribution < -0.4 is 10.6 Å². The van der Waals surface area contributed by atoms with E-state index in [1.165, 1.54) is 12.8 Å². The van der Waals surface area contributed by atoms with Crippen LogP contribution in [0.2, 0.25) is 0 Å². The maximum absolute atomic E-state index is 13.0. The number of piperidine rings is 1. The lowest BCUT2D eigenvalue weighted by molar-refractivity contribution is 0.0923. The van der Waals surface area contributed by atoms with E-state index in [2.05, 4.69) is 15.7 Å². The van der Waals surface area contributed by atoms with Crippen molar-refractivity contribution in [2.24, 2.45) is 0 Å². The summed E-state index contributed by atoms with van der Waals surface area (Å²) in [5.74, 6) is 0.517. The normalized spacial score (nSPS) is 28.1. The molecule has 3 fully saturated rings. The lowest BCUT2D eigenvalue weighted by Crippen LogP contribution is -2.48. The Morgan fingerprint density at radius 1 is 1.08 bits per heavy atom. The minimum absolute atomic E-state index is 0.0513. The molecular weight excluding hydrogens is 312 g/mol. The molecular formula is C20H24N4O. The standard InChI is InChI=1S/C20H24N4O/c25-20(23-16-10-14-8-9-15(11-16)22-14)18-12-21-24(19(18)13-6-7-13)17-4-2-1-3-5-17/h1-5,12-16,22H,6-11H2,(H,23,25). The van der Waals surface area contributed by atoms with E-state index in [4.69, 9.17) is 0 Å². The monoisotopic (exact) mass is 336 g/mol. The third-order valence-electron chi connectivity index (χ3n) is 5.82. The number of aromatic nitrogens is 2. The minimum Gasteiger partial charge on any atom is -0.349 e. The Hall–Kier alpha value is -2.14. The van der Waals surface area contributed by atoms with E-state index < -0.39 is 0 Å². The topological polar surface area (TPSA) is 59.0 Å². The van der Waals surface area contributed by atoms with Crippen LogP contribution in [-0.2, 0) is 0 Å². The Bertz CT molecular complexity index is 768. The average molecular weight is 336 g/mol. The molecule has 2 bridgehead atoms. The summed E-state index contributed by atoms with van der Waals surface area (Å²) in [6.07, 6.45) is 8.65. The summed E-state index contributed by atoms with van der Waals surface area (Å²) in [7, 11) is 0. The van der Waals surface area contributed by atoms with Gasteiger partial charge in [-0.25, -0.2) is 4.68 Å². The largest absolute Gasteiger partial charge is 0.349 e. The molecule has 2 aromatic rings. The second kappa shape index (κ2) is 5.99. The lowest BCUT2D eigenvalue weighted by Gasteiger charge is -2.29. The molecule has 1 aliphatic carbocycles. The first-order chi connectivity index (χ1) is 12.3. The van der Waals surface area contributed by atoms with Crippen molar-refractivity contribution in [3.63, 3.8) is 0 Å². The summed E-state index contributed by atoms with van der Waals surface area (Å²) in [6.45, 7) is 0. The van der Waals surface area contributed by atoms with Crippen molar-refractivity contribution in [1.82, 2.24) is 20.4 Å². The number of hydrogen-bond acceptors (Lipinski definition) is 3. The molecule has 1 saturated carbocycles. The molecule has 2 N–H and O–H groups in total. The van der Waals surface area contributed by atoms with Gasteiger partial charge in [0.25, 0.3) is 5.91 Å². The van der Waals surface area contributed by atoms with Crippen LogP contribution in [0.15, 0.2) is 36.5 Å². The van der Waals surface area contributed by atoms with Gasteiger partial charge in [-0.1, -0.05) is 18.2 Å². The van der Waals surface area contributed by atoms with E-state index in [-0.39, 0.29) is 5.91 Å². The summed E-state index contributed by atoms with van der Waals surface area (Å²) in [4.78, 5) is 13.0. The highest BCUT2D eigenvalue weighted by molar-refractivity contribution is 5.95. The number of fused-ring (bicyclic) bond motifs is 2. The molecule has 1 amide bonds. The van der Waals surface area contributed by atoms with Gasteiger partial charge in [0.15, 0.2) is 0 Å². The zero-order chi connectivity index (χ0) is 16.8. The Balaban J connectivity index is 1.40. The maximum Gasteiger partial charge on any atom is 0.255 e. The molecule has 3 heterocycles. The number of nitrogens with zero attached hydrogens (tertiary/aromatic N) is 2. The van der Waals surface area contributed by atoms with Crippen molar-refractivity contribution >= 4 is 5.91 Å². The smallest absolute Gasteiger partial charge is 0.255 e. The predicted molar refractivity (Wildman–Crippen MR) is 96.0 cm³/mol. The molecule has 0 radical (unpaired) electrons. The molecule has 1 aromatic carbocycles. The highest BCUT2D eigenvalue weighted by Gasteiger charge is 2.36. The van der Waals surface area contributed by atoms with E-state index in [9.17, 15) is 4.79 Å². The first-order valence-electron chi connectivity index (χ1n) is 9.48. The molecule has 3 aliphatic rings. The highest BCUT2D eigenvalue weighted by atomic mass is 16.1. The van der Waals surface area contributed by atoms with Gasteiger partial charge < -0.3 is 10.6 Å². The number of carbonyl (C=O) groups is 1. The van der Waals surface area contributed by atoms with Crippen LogP contribution >= 0.6 is 0 Å². The molecule has 1 aromatic heterocycles. The second-order valence-corrected chi connectivity index (χ2v) is 7.74. The number of para-hydroxylation sites is 1. The number of carbonyl (C=O) groups excluding carboxylic acids is 1. The van der Waals surface area contributed by atoms with Crippen molar-refractivity contribution in [1.29, 1.82) is 0 Å². The first kappa shape index (κ1) is 15.1. The lowest BCUT2D eigenvalue weighted by atomic mass is 9.99. The van der Waals surface area contributed by atoms with Crippen molar-refractivity contribution in [2.75, 3.05) is 0 Å². The first-order valence-corrected chi connectivity index (χ1v) is 9.48. The van der Waals surface area contributed by atoms with Crippen LogP contribution in [0.4, 0.5) is 0 Å². The van der Waals surface area contributed by atoms with Gasteiger partial charge in [-0.2, -0.15) is 5.10 Å². The van der Waals surface area contributed by atoms with Gasteiger partial charge in [0.05, 0.1) is 23.1 Å². The van der Waals surface area contributed by atoms with Gasteiger partial charge in [-0.05, 0) is 50.7 Å². The molecule has 25 heavy (non-hydrogen) atoms. The van der Waals surface area contributed by atoms with Crippen LogP contribution in [0, 0.1) is 0 Å². The van der Waals surface area contributed by atoms with Crippen molar-refractivity contribution < 1.29 is 4.79 Å². The SMILES string of the molecule is O=C(NC1CC2CCC(C1)N2)c1cnn(-c2ccccc2)c1C1CC1. The van der Waals surface area contributed by atoms with Gasteiger partial charge in [-0.3, -0.25) is 4.79 Å². The Morgan fingerprint density at radius 2 is 1.80 bits per heavy atom. The third-order valence-corrected chi connectivity index (χ3v) is 5.82. The molecule has 2 unspecified atom stereocenters. The van der Waals surface area contributed by atoms with E-state index >= 15 is 0 Å². The molecule has 2 atom stereocenters. The highest BCUT2D eigenvalue weighted by Crippen LogP contribution is 2.42. The second-order valence-electron chi connectivity index (χ2n) is 7.74. The number of amides is 1. The maximum atomic E-state index is 13.0. The van der Waals surface area contributed by atoms with Gasteiger partial charge in [0.2, 0.25) is 0 Å². The Kier molecular flexibility index (Phi) is 3.63. The number of hydrogen-bond donors (Lipinski definition) is 2. The molecule has 2 saturated heterocycles. The fourth-order valence-electron chi connectivity index (χ4n) is 4.50. The molecule has 5 nitrogen and oxygen atoms in total. The van der Waals surface area contributed by atoms with Crippen LogP contribution in [0.25, 0.3) is 5.69 Å². The molecule has 5 heteroatoms. The van der Waals surface area contributed by atoms with E-state index in [1.807, 2.05) is 35.0 Å². The van der Waals surface area contributed by atoms with Gasteiger partial charge >= 0.3 is 0 Å². The van der Waals surface area contributed by atoms with Crippen LogP contribution in [0.3, 0.4) is 0 Å². The fraction of sp³-hybridized carbons (Fsp3) is 0.500. The number of nitrogens with one attached hydrogen (secondary N) is 2. The summed E-state index contributed by atoms with van der Waals surface area (Å²) in [5, 5.41) is 11.5. The van der Waals surface area contributed by atoms with Crippen molar-refractivity contribution in [2.45, 2.75) is 62.6 Å². The van der Waals surface area contributed by atoms with E-state index in [0.717, 1.165) is 42.6 Å². The third kappa shape index (κ3) is 2.86. The molecule has 2 aliphatic heterocycles. The zero-order valence-electron chi connectivity index (χ0n) is 14.3. The van der Waals surface area contributed by atoms with Crippen LogP contribution in [0.5, 0.6) is 0 Å². The van der Waals surface area contributed by atoms with Crippen molar-refractivity contribution in [3.8, 4) is 5.69 Å². The van der Waals surface area contributed by atoms with Crippen molar-refractivity contribution in [3.05, 3.63) is 47.8 Å². The summed E-state index contributed by atoms with van der Waals surface area (Å²) in [5.41, 5.74) is 2.88. The van der Waals surface area contributed by atoms with Gasteiger partial charge in [-0.15, -0.1) is 0 Å². The summed E-state index contributed by atoms with van der Waals surface area (Å²) < 4.78 is 1.96. The minimum atomic E-state index is 0.0513. The number of rotatable bonds is 4. The van der Waals surface area contributed by atoms with E-state index in [0.29, 0.717) is 24.0 Å². The Labute approximate surface area is 147 Å². The molecule has 5 rings (SSSR count). The van der Waals surface area contributed by atoms with Crippen LogP contribution in [-0.4, -0.2) is 33.8 Å². The molecule has 130 valence electrons. The predicted octanol–water partition coefficient (Wildman–Crippen LogP) is 2.76. The number of benzene rings is 1. The van der Waals surface area contributed by atoms with Gasteiger partial charge in [0.1, 0.15) is 0 Å². The summed E-state index contributed by atoms with van der Waals surface area (Å²) >= 11 is 0.